The minimum Gasteiger partial charge on any atom is -0.325 e. The maximum atomic E-state index is 12.2. The van der Waals surface area contributed by atoms with E-state index in [4.69, 9.17) is 0 Å². The van der Waals surface area contributed by atoms with Crippen LogP contribution in [-0.4, -0.2) is 36.9 Å². The number of nitrogens with zero attached hydrogens (tertiary/aromatic N) is 1. The number of carbonyl (C=O) groups excluding carboxylic acids is 2. The maximum Gasteiger partial charge on any atom is 0.238 e. The quantitative estimate of drug-likeness (QED) is 0.661. The molecule has 0 aliphatic heterocycles. The maximum absolute atomic E-state index is 12.2. The molecule has 0 bridgehead atoms. The summed E-state index contributed by atoms with van der Waals surface area (Å²) in [5.74, 6) is -0.323. The molecule has 0 saturated heterocycles. The standard InChI is InChI=1S/C23H23N3O2/c1-26(16-22(27)24-20-10-6-3-7-11-20)17-23(28)25-21-14-12-19(13-15-21)18-8-4-2-5-9-18/h2-15H,16-17H2,1H3,(H,24,27)(H,25,28). The Kier molecular flexibility index (Phi) is 6.54. The van der Waals surface area contributed by atoms with Gasteiger partial charge in [-0.15, -0.1) is 0 Å². The van der Waals surface area contributed by atoms with E-state index in [1.165, 1.54) is 0 Å². The third-order valence-corrected chi connectivity index (χ3v) is 4.16. The number of anilines is 2. The summed E-state index contributed by atoms with van der Waals surface area (Å²) in [6.07, 6.45) is 0. The molecule has 0 saturated carbocycles. The van der Waals surface area contributed by atoms with Crippen molar-refractivity contribution in [3.63, 3.8) is 0 Å². The van der Waals surface area contributed by atoms with Gasteiger partial charge in [0.2, 0.25) is 11.8 Å². The van der Waals surface area contributed by atoms with Crippen LogP contribution in [0.1, 0.15) is 0 Å². The summed E-state index contributed by atoms with van der Waals surface area (Å²) in [6, 6.07) is 27.0. The first-order valence-electron chi connectivity index (χ1n) is 9.09. The second kappa shape index (κ2) is 9.48. The number of amides is 2. The van der Waals surface area contributed by atoms with E-state index in [-0.39, 0.29) is 24.9 Å². The minimum atomic E-state index is -0.164. The highest BCUT2D eigenvalue weighted by Crippen LogP contribution is 2.20. The highest BCUT2D eigenvalue weighted by molar-refractivity contribution is 5.94. The van der Waals surface area contributed by atoms with Crippen LogP contribution in [0.15, 0.2) is 84.9 Å². The van der Waals surface area contributed by atoms with Gasteiger partial charge in [0.25, 0.3) is 0 Å². The van der Waals surface area contributed by atoms with Crippen LogP contribution < -0.4 is 10.6 Å². The van der Waals surface area contributed by atoms with Crippen LogP contribution in [0.4, 0.5) is 11.4 Å². The van der Waals surface area contributed by atoms with Crippen LogP contribution >= 0.6 is 0 Å². The molecule has 0 aliphatic carbocycles. The third kappa shape index (κ3) is 5.79. The molecule has 0 atom stereocenters. The predicted molar refractivity (Wildman–Crippen MR) is 113 cm³/mol. The summed E-state index contributed by atoms with van der Waals surface area (Å²) in [5, 5.41) is 5.67. The zero-order chi connectivity index (χ0) is 19.8. The fourth-order valence-corrected chi connectivity index (χ4v) is 2.85. The van der Waals surface area contributed by atoms with Crippen molar-refractivity contribution in [2.45, 2.75) is 0 Å². The molecule has 3 aromatic rings. The van der Waals surface area contributed by atoms with E-state index in [0.29, 0.717) is 0 Å². The number of nitrogens with one attached hydrogen (secondary N) is 2. The zero-order valence-electron chi connectivity index (χ0n) is 15.8. The average molecular weight is 373 g/mol. The second-order valence-electron chi connectivity index (χ2n) is 6.58. The molecule has 0 spiro atoms. The van der Waals surface area contributed by atoms with Crippen molar-refractivity contribution in [1.82, 2.24) is 4.90 Å². The SMILES string of the molecule is CN(CC(=O)Nc1ccccc1)CC(=O)Nc1ccc(-c2ccccc2)cc1. The van der Waals surface area contributed by atoms with E-state index in [2.05, 4.69) is 10.6 Å². The molecule has 0 aliphatic rings. The molecular formula is C23H23N3O2. The molecule has 0 radical (unpaired) electrons. The summed E-state index contributed by atoms with van der Waals surface area (Å²) in [7, 11) is 1.74. The molecule has 3 aromatic carbocycles. The topological polar surface area (TPSA) is 61.4 Å². The Morgan fingerprint density at radius 3 is 1.61 bits per heavy atom. The smallest absolute Gasteiger partial charge is 0.238 e. The highest BCUT2D eigenvalue weighted by atomic mass is 16.2. The first-order valence-corrected chi connectivity index (χ1v) is 9.09. The zero-order valence-corrected chi connectivity index (χ0v) is 15.8. The van der Waals surface area contributed by atoms with Gasteiger partial charge in [-0.05, 0) is 42.4 Å². The third-order valence-electron chi connectivity index (χ3n) is 4.16. The van der Waals surface area contributed by atoms with Gasteiger partial charge < -0.3 is 10.6 Å². The van der Waals surface area contributed by atoms with Crippen molar-refractivity contribution >= 4 is 23.2 Å². The van der Waals surface area contributed by atoms with Gasteiger partial charge in [0.15, 0.2) is 0 Å². The Labute approximate surface area is 165 Å². The number of benzene rings is 3. The van der Waals surface area contributed by atoms with Crippen LogP contribution in [0.25, 0.3) is 11.1 Å². The first-order chi connectivity index (χ1) is 13.6. The van der Waals surface area contributed by atoms with E-state index < -0.39 is 0 Å². The van der Waals surface area contributed by atoms with Crippen molar-refractivity contribution in [3.05, 3.63) is 84.9 Å². The van der Waals surface area contributed by atoms with Gasteiger partial charge in [0.1, 0.15) is 0 Å². The van der Waals surface area contributed by atoms with Crippen molar-refractivity contribution in [2.24, 2.45) is 0 Å². The van der Waals surface area contributed by atoms with Gasteiger partial charge in [0, 0.05) is 11.4 Å². The molecular weight excluding hydrogens is 350 g/mol. The lowest BCUT2D eigenvalue weighted by molar-refractivity contribution is -0.119. The molecule has 0 fully saturated rings. The lowest BCUT2D eigenvalue weighted by Crippen LogP contribution is -2.36. The lowest BCUT2D eigenvalue weighted by Gasteiger charge is -2.16. The fraction of sp³-hybridized carbons (Fsp3) is 0.130. The van der Waals surface area contributed by atoms with Crippen LogP contribution in [0.5, 0.6) is 0 Å². The molecule has 28 heavy (non-hydrogen) atoms. The van der Waals surface area contributed by atoms with Crippen molar-refractivity contribution < 1.29 is 9.59 Å². The van der Waals surface area contributed by atoms with Gasteiger partial charge in [-0.3, -0.25) is 14.5 Å². The first kappa shape index (κ1) is 19.3. The number of para-hydroxylation sites is 1. The van der Waals surface area contributed by atoms with E-state index in [1.807, 2.05) is 84.9 Å². The van der Waals surface area contributed by atoms with E-state index >= 15 is 0 Å². The second-order valence-corrected chi connectivity index (χ2v) is 6.58. The Bertz CT molecular complexity index is 910. The van der Waals surface area contributed by atoms with Crippen LogP contribution in [-0.2, 0) is 9.59 Å². The Morgan fingerprint density at radius 2 is 1.07 bits per heavy atom. The molecule has 0 aromatic heterocycles. The summed E-state index contributed by atoms with van der Waals surface area (Å²) < 4.78 is 0. The average Bonchev–Trinajstić information content (AvgIpc) is 2.69. The molecule has 0 unspecified atom stereocenters. The lowest BCUT2D eigenvalue weighted by atomic mass is 10.1. The van der Waals surface area contributed by atoms with Crippen molar-refractivity contribution in [2.75, 3.05) is 30.8 Å². The number of rotatable bonds is 7. The molecule has 5 heteroatoms. The van der Waals surface area contributed by atoms with Gasteiger partial charge in [-0.2, -0.15) is 0 Å². The number of hydrogen-bond donors (Lipinski definition) is 2. The number of hydrogen-bond acceptors (Lipinski definition) is 3. The summed E-state index contributed by atoms with van der Waals surface area (Å²) in [5.41, 5.74) is 3.69. The molecule has 0 heterocycles. The molecule has 5 nitrogen and oxygen atoms in total. The predicted octanol–water partition coefficient (Wildman–Crippen LogP) is 3.86. The normalized spacial score (nSPS) is 10.5. The van der Waals surface area contributed by atoms with E-state index in [9.17, 15) is 9.59 Å². The van der Waals surface area contributed by atoms with E-state index in [1.54, 1.807) is 11.9 Å². The largest absolute Gasteiger partial charge is 0.325 e. The van der Waals surface area contributed by atoms with Gasteiger partial charge in [-0.1, -0.05) is 60.7 Å². The van der Waals surface area contributed by atoms with Crippen LogP contribution in [0, 0.1) is 0 Å². The fourth-order valence-electron chi connectivity index (χ4n) is 2.85. The summed E-state index contributed by atoms with van der Waals surface area (Å²) in [6.45, 7) is 0.262. The molecule has 142 valence electrons. The van der Waals surface area contributed by atoms with Gasteiger partial charge in [-0.25, -0.2) is 0 Å². The molecule has 2 amide bonds. The Morgan fingerprint density at radius 1 is 0.643 bits per heavy atom. The van der Waals surface area contributed by atoms with Crippen molar-refractivity contribution in [3.8, 4) is 11.1 Å². The van der Waals surface area contributed by atoms with Crippen LogP contribution in [0.3, 0.4) is 0 Å². The van der Waals surface area contributed by atoms with Gasteiger partial charge in [0.05, 0.1) is 13.1 Å². The minimum absolute atomic E-state index is 0.128. The van der Waals surface area contributed by atoms with Gasteiger partial charge >= 0.3 is 0 Å². The monoisotopic (exact) mass is 373 g/mol. The van der Waals surface area contributed by atoms with E-state index in [0.717, 1.165) is 22.5 Å². The molecule has 2 N–H and O–H groups in total. The Hall–Kier alpha value is -3.44. The number of carbonyl (C=O) groups is 2. The van der Waals surface area contributed by atoms with Crippen molar-refractivity contribution in [1.29, 1.82) is 0 Å². The summed E-state index contributed by atoms with van der Waals surface area (Å²) >= 11 is 0. The highest BCUT2D eigenvalue weighted by Gasteiger charge is 2.11. The number of likely N-dealkylation sites (N-methyl/N-ethyl adjacent to an activating group) is 1. The molecule has 3 rings (SSSR count). The summed E-state index contributed by atoms with van der Waals surface area (Å²) in [4.78, 5) is 26.0. The van der Waals surface area contributed by atoms with Crippen LogP contribution in [0.2, 0.25) is 0 Å². The Balaban J connectivity index is 1.47.